The van der Waals surface area contributed by atoms with E-state index in [1.54, 1.807) is 12.4 Å². The van der Waals surface area contributed by atoms with Gasteiger partial charge in [-0.25, -0.2) is 14.4 Å². The van der Waals surface area contributed by atoms with Crippen LogP contribution in [0.2, 0.25) is 5.02 Å². The lowest BCUT2D eigenvalue weighted by Crippen LogP contribution is -2.34. The summed E-state index contributed by atoms with van der Waals surface area (Å²) >= 11 is 5.78. The Morgan fingerprint density at radius 2 is 2.00 bits per heavy atom. The molecule has 0 saturated carbocycles. The van der Waals surface area contributed by atoms with Gasteiger partial charge in [0.2, 0.25) is 5.88 Å². The van der Waals surface area contributed by atoms with Gasteiger partial charge in [0, 0.05) is 36.5 Å². The zero-order chi connectivity index (χ0) is 27.1. The third-order valence-corrected chi connectivity index (χ3v) is 7.32. The molecule has 12 heteroatoms. The Morgan fingerprint density at radius 1 is 1.15 bits per heavy atom. The van der Waals surface area contributed by atoms with Gasteiger partial charge in [0.05, 0.1) is 42.1 Å². The Morgan fingerprint density at radius 3 is 2.74 bits per heavy atom. The van der Waals surface area contributed by atoms with E-state index < -0.39 is 30.0 Å². The lowest BCUT2D eigenvalue weighted by Gasteiger charge is -2.30. The first-order valence-electron chi connectivity index (χ1n) is 12.5. The molecule has 0 bridgehead atoms. The highest BCUT2D eigenvalue weighted by molar-refractivity contribution is 6.30. The Kier molecular flexibility index (Phi) is 6.90. The number of rotatable bonds is 7. The van der Waals surface area contributed by atoms with E-state index in [1.165, 1.54) is 12.1 Å². The van der Waals surface area contributed by atoms with Gasteiger partial charge in [0.1, 0.15) is 23.8 Å². The van der Waals surface area contributed by atoms with Crippen LogP contribution in [0.5, 0.6) is 5.88 Å². The van der Waals surface area contributed by atoms with Crippen molar-refractivity contribution in [3.63, 3.8) is 0 Å². The first-order valence-corrected chi connectivity index (χ1v) is 12.9. The largest absolute Gasteiger partial charge is 0.472 e. The predicted octanol–water partition coefficient (Wildman–Crippen LogP) is 5.56. The number of alkyl halides is 3. The molecule has 5 heterocycles. The van der Waals surface area contributed by atoms with Gasteiger partial charge in [0.25, 0.3) is 0 Å². The summed E-state index contributed by atoms with van der Waals surface area (Å²) in [4.78, 5) is 15.4. The molecule has 3 aromatic heterocycles. The van der Waals surface area contributed by atoms with Crippen molar-refractivity contribution in [2.45, 2.75) is 51.4 Å². The summed E-state index contributed by atoms with van der Waals surface area (Å²) in [5, 5.41) is 0.184. The minimum Gasteiger partial charge on any atom is -0.472 e. The average molecular weight is 562 g/mol. The number of nitrogens with zero attached hydrogens (tertiary/aromatic N) is 5. The van der Waals surface area contributed by atoms with E-state index in [9.17, 15) is 17.6 Å². The van der Waals surface area contributed by atoms with Crippen LogP contribution in [0.1, 0.15) is 34.6 Å². The maximum Gasteiger partial charge on any atom is 0.421 e. The van der Waals surface area contributed by atoms with Crippen molar-refractivity contribution < 1.29 is 27.0 Å². The third kappa shape index (κ3) is 5.43. The van der Waals surface area contributed by atoms with Crippen LogP contribution < -0.4 is 4.74 Å². The molecule has 0 unspecified atom stereocenters. The van der Waals surface area contributed by atoms with Crippen LogP contribution in [0.4, 0.5) is 17.6 Å². The first kappa shape index (κ1) is 26.0. The van der Waals surface area contributed by atoms with E-state index in [0.29, 0.717) is 43.9 Å². The van der Waals surface area contributed by atoms with Crippen molar-refractivity contribution in [2.24, 2.45) is 0 Å². The molecule has 204 valence electrons. The zero-order valence-electron chi connectivity index (χ0n) is 20.7. The Bertz CT molecular complexity index is 1520. The van der Waals surface area contributed by atoms with E-state index in [-0.39, 0.29) is 16.7 Å². The normalized spacial score (nSPS) is 17.7. The highest BCUT2D eigenvalue weighted by Crippen LogP contribution is 2.38. The standard InChI is InChI=1S/C27H24ClF4N5O2/c28-18-2-1-17(21(29)10-18)15-39-26-20(27(30,31)32)9-16-4-7-36(13-23(16)35-26)14-25-34-22-3-6-33-11-24(22)37(25)12-19-5-8-38-19/h1-3,6,9-11,19H,4-5,7-8,12-15H2/t19-/m0/s1. The SMILES string of the molecule is Fc1cc(Cl)ccc1COc1nc2c(cc1C(F)(F)F)CCN(Cc1nc3ccncc3n1C[C@@H]1CCO1)C2. The minimum absolute atomic E-state index is 0.0810. The van der Waals surface area contributed by atoms with Crippen molar-refractivity contribution in [1.29, 1.82) is 0 Å². The van der Waals surface area contributed by atoms with Crippen molar-refractivity contribution >= 4 is 22.6 Å². The summed E-state index contributed by atoms with van der Waals surface area (Å²) in [5.74, 6) is -0.401. The molecule has 7 nitrogen and oxygen atoms in total. The quantitative estimate of drug-likeness (QED) is 0.275. The van der Waals surface area contributed by atoms with Crippen LogP contribution >= 0.6 is 11.6 Å². The molecule has 1 atom stereocenters. The highest BCUT2D eigenvalue weighted by atomic mass is 35.5. The molecular formula is C27H24ClF4N5O2. The first-order chi connectivity index (χ1) is 18.7. The minimum atomic E-state index is -4.67. The molecule has 0 spiro atoms. The van der Waals surface area contributed by atoms with Crippen molar-refractivity contribution in [3.8, 4) is 5.88 Å². The second-order valence-electron chi connectivity index (χ2n) is 9.71. The second-order valence-corrected chi connectivity index (χ2v) is 10.2. The van der Waals surface area contributed by atoms with Crippen LogP contribution in [0.3, 0.4) is 0 Å². The van der Waals surface area contributed by atoms with Gasteiger partial charge in [-0.3, -0.25) is 9.88 Å². The molecule has 0 aliphatic carbocycles. The van der Waals surface area contributed by atoms with E-state index in [0.717, 1.165) is 42.0 Å². The third-order valence-electron chi connectivity index (χ3n) is 7.09. The smallest absolute Gasteiger partial charge is 0.421 e. The summed E-state index contributed by atoms with van der Waals surface area (Å²) in [6.45, 7) is 2.34. The number of ether oxygens (including phenoxy) is 2. The molecule has 2 aliphatic rings. The van der Waals surface area contributed by atoms with Crippen LogP contribution in [0, 0.1) is 5.82 Å². The lowest BCUT2D eigenvalue weighted by atomic mass is 10.0. The van der Waals surface area contributed by atoms with Gasteiger partial charge in [-0.15, -0.1) is 0 Å². The van der Waals surface area contributed by atoms with Crippen LogP contribution in [0.15, 0.2) is 42.7 Å². The number of imidazole rings is 1. The van der Waals surface area contributed by atoms with E-state index >= 15 is 0 Å². The van der Waals surface area contributed by atoms with Crippen molar-refractivity contribution in [2.75, 3.05) is 13.2 Å². The van der Waals surface area contributed by atoms with Crippen molar-refractivity contribution in [3.05, 3.63) is 81.8 Å². The maximum atomic E-state index is 14.2. The van der Waals surface area contributed by atoms with Gasteiger partial charge in [-0.2, -0.15) is 13.2 Å². The summed E-state index contributed by atoms with van der Waals surface area (Å²) < 4.78 is 69.0. The molecule has 6 rings (SSSR count). The fraction of sp³-hybridized carbons (Fsp3) is 0.370. The van der Waals surface area contributed by atoms with Crippen LogP contribution in [0.25, 0.3) is 11.0 Å². The van der Waals surface area contributed by atoms with Crippen LogP contribution in [-0.4, -0.2) is 43.7 Å². The molecule has 39 heavy (non-hydrogen) atoms. The number of hydrogen-bond acceptors (Lipinski definition) is 6. The number of benzene rings is 1. The summed E-state index contributed by atoms with van der Waals surface area (Å²) in [6, 6.07) is 6.87. The predicted molar refractivity (Wildman–Crippen MR) is 135 cm³/mol. The highest BCUT2D eigenvalue weighted by Gasteiger charge is 2.37. The molecule has 0 radical (unpaired) electrons. The number of halogens is 5. The maximum absolute atomic E-state index is 14.2. The van der Waals surface area contributed by atoms with Gasteiger partial charge >= 0.3 is 6.18 Å². The molecular weight excluding hydrogens is 538 g/mol. The lowest BCUT2D eigenvalue weighted by molar-refractivity contribution is -0.139. The number of aromatic nitrogens is 4. The van der Waals surface area contributed by atoms with Crippen molar-refractivity contribution in [1.82, 2.24) is 24.4 Å². The van der Waals surface area contributed by atoms with Gasteiger partial charge in [-0.1, -0.05) is 17.7 Å². The number of hydrogen-bond donors (Lipinski definition) is 0. The van der Waals surface area contributed by atoms with Gasteiger partial charge in [-0.05, 0) is 42.7 Å². The Balaban J connectivity index is 1.25. The molecule has 1 saturated heterocycles. The number of fused-ring (bicyclic) bond motifs is 2. The Labute approximate surface area is 226 Å². The molecule has 1 aromatic carbocycles. The summed E-state index contributed by atoms with van der Waals surface area (Å²) in [6.07, 6.45) is 0.297. The molecule has 4 aromatic rings. The van der Waals surface area contributed by atoms with Gasteiger partial charge < -0.3 is 14.0 Å². The summed E-state index contributed by atoms with van der Waals surface area (Å²) in [7, 11) is 0. The zero-order valence-corrected chi connectivity index (χ0v) is 21.5. The van der Waals surface area contributed by atoms with E-state index in [2.05, 4.69) is 19.4 Å². The van der Waals surface area contributed by atoms with Crippen LogP contribution in [-0.2, 0) is 43.6 Å². The fourth-order valence-electron chi connectivity index (χ4n) is 4.91. The van der Waals surface area contributed by atoms with E-state index in [4.69, 9.17) is 26.1 Å². The Hall–Kier alpha value is -3.28. The average Bonchev–Trinajstić information content (AvgIpc) is 3.21. The second kappa shape index (κ2) is 10.4. The molecule has 1 fully saturated rings. The fourth-order valence-corrected chi connectivity index (χ4v) is 5.06. The topological polar surface area (TPSA) is 65.3 Å². The molecule has 0 amide bonds. The summed E-state index contributed by atoms with van der Waals surface area (Å²) in [5.41, 5.74) is 1.86. The molecule has 0 N–H and O–H groups in total. The monoisotopic (exact) mass is 561 g/mol. The van der Waals surface area contributed by atoms with E-state index in [1.807, 2.05) is 6.07 Å². The number of pyridine rings is 2. The molecule has 2 aliphatic heterocycles. The van der Waals surface area contributed by atoms with Gasteiger partial charge in [0.15, 0.2) is 0 Å².